The van der Waals surface area contributed by atoms with E-state index in [1.165, 1.54) is 6.42 Å². The Hall–Kier alpha value is -0.580. The normalized spacial score (nSPS) is 11.4. The Labute approximate surface area is 115 Å². The SMILES string of the molecule is CCCNCCN(C)Cc1c(Cl)c(CC)nn1C. The van der Waals surface area contributed by atoms with Gasteiger partial charge in [0.25, 0.3) is 0 Å². The molecule has 1 heterocycles. The van der Waals surface area contributed by atoms with Crippen molar-refractivity contribution >= 4 is 11.6 Å². The van der Waals surface area contributed by atoms with Gasteiger partial charge in [-0.25, -0.2) is 0 Å². The minimum atomic E-state index is 0.827. The highest BCUT2D eigenvalue weighted by molar-refractivity contribution is 6.31. The number of hydrogen-bond acceptors (Lipinski definition) is 3. The van der Waals surface area contributed by atoms with Gasteiger partial charge in [0.05, 0.1) is 16.4 Å². The average molecular weight is 273 g/mol. The molecule has 0 radical (unpaired) electrons. The van der Waals surface area contributed by atoms with Crippen LogP contribution in [-0.2, 0) is 20.0 Å². The summed E-state index contributed by atoms with van der Waals surface area (Å²) >= 11 is 6.33. The fraction of sp³-hybridized carbons (Fsp3) is 0.769. The van der Waals surface area contributed by atoms with Crippen molar-refractivity contribution in [2.75, 3.05) is 26.7 Å². The van der Waals surface area contributed by atoms with Gasteiger partial charge in [0, 0.05) is 26.7 Å². The Bertz CT molecular complexity index is 362. The van der Waals surface area contributed by atoms with Crippen LogP contribution < -0.4 is 5.32 Å². The highest BCUT2D eigenvalue weighted by atomic mass is 35.5. The van der Waals surface area contributed by atoms with Gasteiger partial charge >= 0.3 is 0 Å². The van der Waals surface area contributed by atoms with Crippen molar-refractivity contribution < 1.29 is 0 Å². The lowest BCUT2D eigenvalue weighted by atomic mass is 10.3. The second-order valence-corrected chi connectivity index (χ2v) is 5.05. The minimum absolute atomic E-state index is 0.827. The van der Waals surface area contributed by atoms with Gasteiger partial charge in [0.15, 0.2) is 0 Å². The Kier molecular flexibility index (Phi) is 6.68. The van der Waals surface area contributed by atoms with Crippen LogP contribution in [0.25, 0.3) is 0 Å². The lowest BCUT2D eigenvalue weighted by molar-refractivity contribution is 0.315. The van der Waals surface area contributed by atoms with Gasteiger partial charge in [-0.05, 0) is 26.4 Å². The van der Waals surface area contributed by atoms with Gasteiger partial charge in [0.2, 0.25) is 0 Å². The number of likely N-dealkylation sites (N-methyl/N-ethyl adjacent to an activating group) is 1. The molecule has 0 atom stereocenters. The van der Waals surface area contributed by atoms with E-state index >= 15 is 0 Å². The zero-order valence-electron chi connectivity index (χ0n) is 12.0. The van der Waals surface area contributed by atoms with E-state index in [4.69, 9.17) is 11.6 Å². The summed E-state index contributed by atoms with van der Waals surface area (Å²) in [5.41, 5.74) is 2.10. The molecule has 0 spiro atoms. The molecule has 0 fully saturated rings. The molecule has 0 amide bonds. The van der Waals surface area contributed by atoms with Crippen LogP contribution in [0.1, 0.15) is 31.7 Å². The van der Waals surface area contributed by atoms with Crippen LogP contribution in [0.5, 0.6) is 0 Å². The molecule has 5 heteroatoms. The zero-order valence-corrected chi connectivity index (χ0v) is 12.7. The van der Waals surface area contributed by atoms with Gasteiger partial charge in [-0.1, -0.05) is 25.4 Å². The first-order valence-electron chi connectivity index (χ1n) is 6.69. The molecule has 0 aliphatic carbocycles. The third-order valence-electron chi connectivity index (χ3n) is 3.02. The fourth-order valence-corrected chi connectivity index (χ4v) is 2.25. The quantitative estimate of drug-likeness (QED) is 0.736. The number of halogens is 1. The Morgan fingerprint density at radius 1 is 1.33 bits per heavy atom. The Morgan fingerprint density at radius 3 is 2.61 bits per heavy atom. The third-order valence-corrected chi connectivity index (χ3v) is 3.46. The van der Waals surface area contributed by atoms with Crippen molar-refractivity contribution in [1.29, 1.82) is 0 Å². The number of hydrogen-bond donors (Lipinski definition) is 1. The van der Waals surface area contributed by atoms with Gasteiger partial charge < -0.3 is 5.32 Å². The van der Waals surface area contributed by atoms with E-state index in [2.05, 4.69) is 36.2 Å². The standard InChI is InChI=1S/C13H25ClN4/c1-5-7-15-8-9-17(3)10-12-13(14)11(6-2)16-18(12)4/h15H,5-10H2,1-4H3. The molecule has 4 nitrogen and oxygen atoms in total. The van der Waals surface area contributed by atoms with Crippen molar-refractivity contribution in [3.05, 3.63) is 16.4 Å². The van der Waals surface area contributed by atoms with Crippen LogP contribution in [0.3, 0.4) is 0 Å². The van der Waals surface area contributed by atoms with Crippen molar-refractivity contribution in [1.82, 2.24) is 20.0 Å². The molecule has 0 aromatic carbocycles. The molecule has 1 rings (SSSR count). The molecule has 0 aliphatic heterocycles. The van der Waals surface area contributed by atoms with E-state index in [1.807, 2.05) is 11.7 Å². The topological polar surface area (TPSA) is 33.1 Å². The van der Waals surface area contributed by atoms with E-state index in [-0.39, 0.29) is 0 Å². The first kappa shape index (κ1) is 15.5. The summed E-state index contributed by atoms with van der Waals surface area (Å²) in [5, 5.41) is 8.66. The van der Waals surface area contributed by atoms with Gasteiger partial charge in [-0.2, -0.15) is 5.10 Å². The molecule has 18 heavy (non-hydrogen) atoms. The van der Waals surface area contributed by atoms with Crippen LogP contribution in [0.4, 0.5) is 0 Å². The van der Waals surface area contributed by atoms with Crippen molar-refractivity contribution in [3.8, 4) is 0 Å². The average Bonchev–Trinajstić information content (AvgIpc) is 2.62. The molecular weight excluding hydrogens is 248 g/mol. The van der Waals surface area contributed by atoms with Crippen molar-refractivity contribution in [2.45, 2.75) is 33.2 Å². The van der Waals surface area contributed by atoms with Crippen molar-refractivity contribution in [2.24, 2.45) is 7.05 Å². The Balaban J connectivity index is 2.48. The van der Waals surface area contributed by atoms with E-state index in [9.17, 15) is 0 Å². The molecule has 0 unspecified atom stereocenters. The maximum atomic E-state index is 6.33. The number of nitrogens with one attached hydrogen (secondary N) is 1. The zero-order chi connectivity index (χ0) is 13.5. The smallest absolute Gasteiger partial charge is 0.0863 e. The molecule has 1 N–H and O–H groups in total. The molecule has 1 aromatic heterocycles. The molecule has 0 saturated heterocycles. The minimum Gasteiger partial charge on any atom is -0.315 e. The van der Waals surface area contributed by atoms with Gasteiger partial charge in [0.1, 0.15) is 0 Å². The lowest BCUT2D eigenvalue weighted by Crippen LogP contribution is -2.30. The summed E-state index contributed by atoms with van der Waals surface area (Å²) in [4.78, 5) is 2.27. The Morgan fingerprint density at radius 2 is 2.06 bits per heavy atom. The van der Waals surface area contributed by atoms with Crippen LogP contribution in [-0.4, -0.2) is 41.4 Å². The number of aromatic nitrogens is 2. The van der Waals surface area contributed by atoms with E-state index in [0.29, 0.717) is 0 Å². The van der Waals surface area contributed by atoms with Gasteiger partial charge in [-0.3, -0.25) is 9.58 Å². The van der Waals surface area contributed by atoms with Crippen LogP contribution >= 0.6 is 11.6 Å². The summed E-state index contributed by atoms with van der Waals surface area (Å²) in [7, 11) is 4.08. The van der Waals surface area contributed by atoms with E-state index < -0.39 is 0 Å². The first-order valence-corrected chi connectivity index (χ1v) is 7.07. The highest BCUT2D eigenvalue weighted by Crippen LogP contribution is 2.21. The fourth-order valence-electron chi connectivity index (χ4n) is 1.90. The first-order chi connectivity index (χ1) is 8.60. The highest BCUT2D eigenvalue weighted by Gasteiger charge is 2.14. The molecule has 0 saturated carbocycles. The number of rotatable bonds is 8. The molecule has 1 aromatic rings. The summed E-state index contributed by atoms with van der Waals surface area (Å²) in [6.45, 7) is 8.22. The van der Waals surface area contributed by atoms with E-state index in [0.717, 1.165) is 49.0 Å². The second kappa shape index (κ2) is 7.77. The van der Waals surface area contributed by atoms with Gasteiger partial charge in [-0.15, -0.1) is 0 Å². The summed E-state index contributed by atoms with van der Waals surface area (Å²) in [6, 6.07) is 0. The maximum absolute atomic E-state index is 6.33. The van der Waals surface area contributed by atoms with Crippen molar-refractivity contribution in [3.63, 3.8) is 0 Å². The monoisotopic (exact) mass is 272 g/mol. The van der Waals surface area contributed by atoms with Crippen LogP contribution in [0, 0.1) is 0 Å². The number of aryl methyl sites for hydroxylation is 2. The largest absolute Gasteiger partial charge is 0.315 e. The third kappa shape index (κ3) is 4.26. The molecular formula is C13H25ClN4. The summed E-state index contributed by atoms with van der Waals surface area (Å²) < 4.78 is 1.90. The maximum Gasteiger partial charge on any atom is 0.0863 e. The van der Waals surface area contributed by atoms with E-state index in [1.54, 1.807) is 0 Å². The second-order valence-electron chi connectivity index (χ2n) is 4.67. The van der Waals surface area contributed by atoms with Crippen LogP contribution in [0.2, 0.25) is 5.02 Å². The summed E-state index contributed by atoms with van der Waals surface area (Å²) in [6.07, 6.45) is 2.06. The predicted octanol–water partition coefficient (Wildman–Crippen LogP) is 2.07. The molecule has 104 valence electrons. The molecule has 0 bridgehead atoms. The predicted molar refractivity (Wildman–Crippen MR) is 77.1 cm³/mol. The lowest BCUT2D eigenvalue weighted by Gasteiger charge is -2.17. The summed E-state index contributed by atoms with van der Waals surface area (Å²) in [5.74, 6) is 0. The van der Waals surface area contributed by atoms with Crippen LogP contribution in [0.15, 0.2) is 0 Å². The number of nitrogens with zero attached hydrogens (tertiary/aromatic N) is 3. The molecule has 0 aliphatic rings.